The van der Waals surface area contributed by atoms with Crippen LogP contribution in [0.25, 0.3) is 11.4 Å². The lowest BCUT2D eigenvalue weighted by molar-refractivity contribution is 0.306. The van der Waals surface area contributed by atoms with E-state index in [2.05, 4.69) is 15.3 Å². The molecular formula is C24H22N4O3S. The van der Waals surface area contributed by atoms with E-state index in [1.54, 1.807) is 25.1 Å². The van der Waals surface area contributed by atoms with E-state index >= 15 is 0 Å². The second-order valence-electron chi connectivity index (χ2n) is 6.82. The number of aromatic nitrogens is 3. The van der Waals surface area contributed by atoms with E-state index in [4.69, 9.17) is 26.4 Å². The third-order valence-electron chi connectivity index (χ3n) is 4.74. The molecule has 0 aliphatic rings. The van der Waals surface area contributed by atoms with Gasteiger partial charge in [-0.3, -0.25) is 0 Å². The van der Waals surface area contributed by atoms with Gasteiger partial charge in [0.05, 0.1) is 20.4 Å². The molecule has 0 saturated heterocycles. The summed E-state index contributed by atoms with van der Waals surface area (Å²) in [7, 11) is 3.18. The predicted molar refractivity (Wildman–Crippen MR) is 126 cm³/mol. The van der Waals surface area contributed by atoms with Gasteiger partial charge in [-0.15, -0.1) is 0 Å². The highest BCUT2D eigenvalue weighted by atomic mass is 32.1. The molecule has 1 N–H and O–H groups in total. The smallest absolute Gasteiger partial charge is 0.216 e. The van der Waals surface area contributed by atoms with Gasteiger partial charge in [-0.1, -0.05) is 30.3 Å². The molecular weight excluding hydrogens is 424 g/mol. The molecule has 0 bridgehead atoms. The van der Waals surface area contributed by atoms with Crippen LogP contribution in [0, 0.1) is 4.77 Å². The number of aromatic amines is 1. The summed E-state index contributed by atoms with van der Waals surface area (Å²) < 4.78 is 18.5. The fourth-order valence-corrected chi connectivity index (χ4v) is 3.26. The quantitative estimate of drug-likeness (QED) is 0.302. The Bertz CT molecular complexity index is 1260. The van der Waals surface area contributed by atoms with Gasteiger partial charge < -0.3 is 14.2 Å². The second kappa shape index (κ2) is 9.93. The van der Waals surface area contributed by atoms with Gasteiger partial charge in [-0.2, -0.15) is 14.9 Å². The number of ether oxygens (including phenoxy) is 3. The van der Waals surface area contributed by atoms with Gasteiger partial charge in [-0.05, 0) is 65.8 Å². The molecule has 32 heavy (non-hydrogen) atoms. The van der Waals surface area contributed by atoms with Crippen LogP contribution in [0.1, 0.15) is 11.1 Å². The number of nitrogens with one attached hydrogen (secondary N) is 1. The Morgan fingerprint density at radius 3 is 2.44 bits per heavy atom. The molecule has 3 aromatic carbocycles. The van der Waals surface area contributed by atoms with Crippen molar-refractivity contribution in [1.82, 2.24) is 14.9 Å². The highest BCUT2D eigenvalue weighted by Crippen LogP contribution is 2.31. The molecule has 0 radical (unpaired) electrons. The first-order valence-corrected chi connectivity index (χ1v) is 10.3. The van der Waals surface area contributed by atoms with Crippen molar-refractivity contribution in [3.63, 3.8) is 0 Å². The zero-order valence-corrected chi connectivity index (χ0v) is 18.5. The lowest BCUT2D eigenvalue weighted by Crippen LogP contribution is -1.97. The van der Waals surface area contributed by atoms with Crippen molar-refractivity contribution in [3.05, 3.63) is 88.7 Å². The lowest BCUT2D eigenvalue weighted by Gasteiger charge is -2.09. The molecule has 8 heteroatoms. The number of hydrogen-bond donors (Lipinski definition) is 1. The van der Waals surface area contributed by atoms with E-state index in [0.717, 1.165) is 22.4 Å². The fourth-order valence-electron chi connectivity index (χ4n) is 3.08. The normalized spacial score (nSPS) is 10.9. The van der Waals surface area contributed by atoms with Crippen LogP contribution in [-0.4, -0.2) is 35.3 Å². The van der Waals surface area contributed by atoms with E-state index in [0.29, 0.717) is 28.7 Å². The van der Waals surface area contributed by atoms with E-state index < -0.39 is 0 Å². The molecule has 7 nitrogen and oxygen atoms in total. The standard InChI is InChI=1S/C24H22N4O3S/c1-29-21-13-10-19(14-22(21)30-2)23-26-27-24(32)28(23)25-15-17-8-11-20(12-9-17)31-16-18-6-4-3-5-7-18/h3-15H,16H2,1-2H3,(H,27,32)/b25-15-. The van der Waals surface area contributed by atoms with Crippen molar-refractivity contribution in [3.8, 4) is 28.6 Å². The number of methoxy groups -OCH3 is 2. The Morgan fingerprint density at radius 2 is 1.72 bits per heavy atom. The highest BCUT2D eigenvalue weighted by molar-refractivity contribution is 7.71. The minimum Gasteiger partial charge on any atom is -0.493 e. The Morgan fingerprint density at radius 1 is 0.969 bits per heavy atom. The Balaban J connectivity index is 1.51. The molecule has 0 fully saturated rings. The third kappa shape index (κ3) is 4.87. The summed E-state index contributed by atoms with van der Waals surface area (Å²) in [5.74, 6) is 2.59. The minimum atomic E-state index is 0.383. The third-order valence-corrected chi connectivity index (χ3v) is 5.01. The zero-order chi connectivity index (χ0) is 22.3. The molecule has 0 saturated carbocycles. The number of hydrogen-bond acceptors (Lipinski definition) is 6. The number of H-pyrrole nitrogens is 1. The molecule has 0 amide bonds. The van der Waals surface area contributed by atoms with Crippen LogP contribution in [0.4, 0.5) is 0 Å². The van der Waals surface area contributed by atoms with Gasteiger partial charge in [0.25, 0.3) is 0 Å². The summed E-state index contributed by atoms with van der Waals surface area (Å²) in [5, 5.41) is 11.6. The summed E-state index contributed by atoms with van der Waals surface area (Å²) in [6.45, 7) is 0.521. The van der Waals surface area contributed by atoms with Gasteiger partial charge in [0.1, 0.15) is 12.4 Å². The Labute approximate surface area is 190 Å². The molecule has 0 spiro atoms. The highest BCUT2D eigenvalue weighted by Gasteiger charge is 2.12. The van der Waals surface area contributed by atoms with E-state index in [9.17, 15) is 0 Å². The monoisotopic (exact) mass is 446 g/mol. The summed E-state index contributed by atoms with van der Waals surface area (Å²) in [6, 6.07) is 23.2. The molecule has 162 valence electrons. The van der Waals surface area contributed by atoms with E-state index in [1.807, 2.05) is 72.8 Å². The van der Waals surface area contributed by atoms with Gasteiger partial charge in [0.2, 0.25) is 4.77 Å². The van der Waals surface area contributed by atoms with Crippen LogP contribution in [0.15, 0.2) is 77.9 Å². The summed E-state index contributed by atoms with van der Waals surface area (Å²) in [5.41, 5.74) is 2.81. The first-order chi connectivity index (χ1) is 15.7. The SMILES string of the molecule is COc1ccc(-c2n[nH]c(=S)n2/N=C\c2ccc(OCc3ccccc3)cc2)cc1OC. The minimum absolute atomic E-state index is 0.383. The first-order valence-electron chi connectivity index (χ1n) is 9.89. The van der Waals surface area contributed by atoms with Crippen molar-refractivity contribution < 1.29 is 14.2 Å². The van der Waals surface area contributed by atoms with Gasteiger partial charge in [-0.25, -0.2) is 5.10 Å². The number of benzene rings is 3. The molecule has 1 aromatic heterocycles. The molecule has 1 heterocycles. The van der Waals surface area contributed by atoms with E-state index in [-0.39, 0.29) is 0 Å². The molecule has 0 atom stereocenters. The van der Waals surface area contributed by atoms with Crippen molar-refractivity contribution in [2.45, 2.75) is 6.61 Å². The first kappa shape index (κ1) is 21.3. The number of rotatable bonds is 8. The van der Waals surface area contributed by atoms with Crippen LogP contribution < -0.4 is 14.2 Å². The fraction of sp³-hybridized carbons (Fsp3) is 0.125. The molecule has 4 aromatic rings. The van der Waals surface area contributed by atoms with Crippen LogP contribution in [0.2, 0.25) is 0 Å². The van der Waals surface area contributed by atoms with Crippen LogP contribution in [0.5, 0.6) is 17.2 Å². The predicted octanol–water partition coefficient (Wildman–Crippen LogP) is 5.09. The Hall–Kier alpha value is -3.91. The van der Waals surface area contributed by atoms with Crippen LogP contribution in [0.3, 0.4) is 0 Å². The topological polar surface area (TPSA) is 73.7 Å². The summed E-state index contributed by atoms with van der Waals surface area (Å²) in [4.78, 5) is 0. The second-order valence-corrected chi connectivity index (χ2v) is 7.21. The lowest BCUT2D eigenvalue weighted by atomic mass is 10.2. The van der Waals surface area contributed by atoms with Gasteiger partial charge in [0, 0.05) is 5.56 Å². The number of nitrogens with zero attached hydrogens (tertiary/aromatic N) is 3. The van der Waals surface area contributed by atoms with Gasteiger partial charge >= 0.3 is 0 Å². The van der Waals surface area contributed by atoms with Crippen molar-refractivity contribution in [2.24, 2.45) is 5.10 Å². The van der Waals surface area contributed by atoms with Crippen LogP contribution >= 0.6 is 12.2 Å². The van der Waals surface area contributed by atoms with Crippen molar-refractivity contribution in [1.29, 1.82) is 0 Å². The van der Waals surface area contributed by atoms with Crippen molar-refractivity contribution in [2.75, 3.05) is 14.2 Å². The van der Waals surface area contributed by atoms with Gasteiger partial charge in [0.15, 0.2) is 17.3 Å². The average Bonchev–Trinajstić information content (AvgIpc) is 3.22. The molecule has 4 rings (SSSR count). The maximum absolute atomic E-state index is 5.83. The summed E-state index contributed by atoms with van der Waals surface area (Å²) >= 11 is 5.36. The Kier molecular flexibility index (Phi) is 6.62. The molecule has 0 unspecified atom stereocenters. The summed E-state index contributed by atoms with van der Waals surface area (Å²) in [6.07, 6.45) is 1.72. The molecule has 0 aliphatic carbocycles. The maximum Gasteiger partial charge on any atom is 0.216 e. The maximum atomic E-state index is 5.83. The molecule has 0 aliphatic heterocycles. The largest absolute Gasteiger partial charge is 0.493 e. The zero-order valence-electron chi connectivity index (χ0n) is 17.7. The van der Waals surface area contributed by atoms with Crippen molar-refractivity contribution >= 4 is 18.4 Å². The average molecular weight is 447 g/mol. The van der Waals surface area contributed by atoms with E-state index in [1.165, 1.54) is 0 Å². The van der Waals surface area contributed by atoms with Crippen LogP contribution in [-0.2, 0) is 6.61 Å².